The molecule has 0 saturated carbocycles. The summed E-state index contributed by atoms with van der Waals surface area (Å²) in [5.41, 5.74) is 4.38. The van der Waals surface area contributed by atoms with Crippen molar-refractivity contribution in [3.05, 3.63) is 35.9 Å². The normalized spacial score (nSPS) is 33.6. The van der Waals surface area contributed by atoms with Gasteiger partial charge in [0.2, 0.25) is 0 Å². The SMILES string of the molecule is CN1C2CCC1CC(C(NN)c1ccccc1)C2. The third kappa shape index (κ3) is 2.07. The number of hydrazine groups is 1. The van der Waals surface area contributed by atoms with Crippen LogP contribution < -0.4 is 11.3 Å². The maximum Gasteiger partial charge on any atom is 0.0489 e. The molecule has 1 aromatic rings. The maximum atomic E-state index is 5.82. The van der Waals surface area contributed by atoms with Crippen molar-refractivity contribution in [3.63, 3.8) is 0 Å². The fraction of sp³-hybridized carbons (Fsp3) is 0.600. The molecular formula is C15H23N3. The zero-order valence-electron chi connectivity index (χ0n) is 11.0. The van der Waals surface area contributed by atoms with E-state index < -0.39 is 0 Å². The van der Waals surface area contributed by atoms with Crippen molar-refractivity contribution in [3.8, 4) is 0 Å². The van der Waals surface area contributed by atoms with Crippen LogP contribution in [0.2, 0.25) is 0 Å². The lowest BCUT2D eigenvalue weighted by Crippen LogP contribution is -2.45. The summed E-state index contributed by atoms with van der Waals surface area (Å²) in [4.78, 5) is 2.58. The van der Waals surface area contributed by atoms with Crippen LogP contribution in [0.15, 0.2) is 30.3 Å². The summed E-state index contributed by atoms with van der Waals surface area (Å²) in [6.07, 6.45) is 5.28. The van der Waals surface area contributed by atoms with Crippen molar-refractivity contribution in [2.75, 3.05) is 7.05 Å². The first kappa shape index (κ1) is 12.2. The Hall–Kier alpha value is -0.900. The zero-order valence-corrected chi connectivity index (χ0v) is 11.0. The topological polar surface area (TPSA) is 41.3 Å². The number of nitrogens with two attached hydrogens (primary N) is 1. The minimum atomic E-state index is 0.308. The van der Waals surface area contributed by atoms with Crippen LogP contribution in [0.3, 0.4) is 0 Å². The Kier molecular flexibility index (Phi) is 3.37. The van der Waals surface area contributed by atoms with Crippen molar-refractivity contribution in [2.45, 2.75) is 43.8 Å². The molecule has 2 heterocycles. The summed E-state index contributed by atoms with van der Waals surface area (Å²) in [7, 11) is 2.28. The molecule has 2 aliphatic rings. The minimum Gasteiger partial charge on any atom is -0.300 e. The number of hydrogen-bond donors (Lipinski definition) is 2. The van der Waals surface area contributed by atoms with Gasteiger partial charge >= 0.3 is 0 Å². The van der Waals surface area contributed by atoms with E-state index in [0.29, 0.717) is 12.0 Å². The molecular weight excluding hydrogens is 222 g/mol. The molecule has 0 radical (unpaired) electrons. The first-order valence-corrected chi connectivity index (χ1v) is 7.02. The second-order valence-corrected chi connectivity index (χ2v) is 5.84. The average molecular weight is 245 g/mol. The number of hydrogen-bond acceptors (Lipinski definition) is 3. The Morgan fingerprint density at radius 3 is 2.33 bits per heavy atom. The Bertz CT molecular complexity index is 378. The summed E-state index contributed by atoms with van der Waals surface area (Å²) in [5.74, 6) is 6.49. The lowest BCUT2D eigenvalue weighted by molar-refractivity contribution is 0.112. The number of rotatable bonds is 3. The predicted octanol–water partition coefficient (Wildman–Crippen LogP) is 2.06. The van der Waals surface area contributed by atoms with Gasteiger partial charge in [0, 0.05) is 18.1 Å². The van der Waals surface area contributed by atoms with E-state index in [0.717, 1.165) is 12.1 Å². The van der Waals surface area contributed by atoms with Gasteiger partial charge in [0.15, 0.2) is 0 Å². The molecule has 98 valence electrons. The molecule has 3 heteroatoms. The number of fused-ring (bicyclic) bond motifs is 2. The molecule has 18 heavy (non-hydrogen) atoms. The van der Waals surface area contributed by atoms with Gasteiger partial charge in [0.1, 0.15) is 0 Å². The van der Waals surface area contributed by atoms with E-state index in [-0.39, 0.29) is 0 Å². The van der Waals surface area contributed by atoms with Crippen LogP contribution in [-0.2, 0) is 0 Å². The quantitative estimate of drug-likeness (QED) is 0.632. The van der Waals surface area contributed by atoms with Crippen LogP contribution in [0.5, 0.6) is 0 Å². The fourth-order valence-electron chi connectivity index (χ4n) is 3.89. The van der Waals surface area contributed by atoms with Gasteiger partial charge in [0.05, 0.1) is 0 Å². The number of benzene rings is 1. The van der Waals surface area contributed by atoms with E-state index in [1.54, 1.807) is 0 Å². The van der Waals surface area contributed by atoms with E-state index in [1.807, 2.05) is 0 Å². The van der Waals surface area contributed by atoms with Crippen LogP contribution in [0.1, 0.15) is 37.3 Å². The molecule has 0 aromatic heterocycles. The highest BCUT2D eigenvalue weighted by Crippen LogP contribution is 2.42. The number of nitrogens with one attached hydrogen (secondary N) is 1. The molecule has 3 unspecified atom stereocenters. The summed E-state index contributed by atoms with van der Waals surface area (Å²) < 4.78 is 0. The van der Waals surface area contributed by atoms with Gasteiger partial charge in [-0.2, -0.15) is 0 Å². The summed E-state index contributed by atoms with van der Waals surface area (Å²) >= 11 is 0. The summed E-state index contributed by atoms with van der Waals surface area (Å²) in [6, 6.07) is 12.5. The van der Waals surface area contributed by atoms with Crippen molar-refractivity contribution < 1.29 is 0 Å². The lowest BCUT2D eigenvalue weighted by atomic mass is 9.82. The van der Waals surface area contributed by atoms with Crippen molar-refractivity contribution in [1.29, 1.82) is 0 Å². The maximum absolute atomic E-state index is 5.82. The van der Waals surface area contributed by atoms with Gasteiger partial charge in [-0.1, -0.05) is 30.3 Å². The Morgan fingerprint density at radius 2 is 1.78 bits per heavy atom. The lowest BCUT2D eigenvalue weighted by Gasteiger charge is -2.39. The highest BCUT2D eigenvalue weighted by Gasteiger charge is 2.40. The Balaban J connectivity index is 1.78. The second-order valence-electron chi connectivity index (χ2n) is 5.84. The van der Waals surface area contributed by atoms with Gasteiger partial charge in [-0.05, 0) is 44.2 Å². The van der Waals surface area contributed by atoms with Crippen molar-refractivity contribution >= 4 is 0 Å². The molecule has 2 aliphatic heterocycles. The molecule has 2 fully saturated rings. The number of piperidine rings is 1. The van der Waals surface area contributed by atoms with E-state index in [9.17, 15) is 0 Å². The molecule has 2 saturated heterocycles. The molecule has 3 rings (SSSR count). The Labute approximate surface area is 109 Å². The highest BCUT2D eigenvalue weighted by atomic mass is 15.2. The highest BCUT2D eigenvalue weighted by molar-refractivity contribution is 5.20. The molecule has 0 aliphatic carbocycles. The molecule has 3 N–H and O–H groups in total. The third-order valence-corrected chi connectivity index (χ3v) is 4.94. The van der Waals surface area contributed by atoms with E-state index in [2.05, 4.69) is 47.7 Å². The van der Waals surface area contributed by atoms with Crippen LogP contribution >= 0.6 is 0 Å². The van der Waals surface area contributed by atoms with E-state index >= 15 is 0 Å². The van der Waals surface area contributed by atoms with Crippen LogP contribution in [0.25, 0.3) is 0 Å². The monoisotopic (exact) mass is 245 g/mol. The standard InChI is InChI=1S/C15H23N3/c1-18-13-7-8-14(18)10-12(9-13)15(17-16)11-5-3-2-4-6-11/h2-6,12-15,17H,7-10,16H2,1H3. The van der Waals surface area contributed by atoms with Crippen LogP contribution in [0, 0.1) is 5.92 Å². The van der Waals surface area contributed by atoms with Crippen LogP contribution in [-0.4, -0.2) is 24.0 Å². The summed E-state index contributed by atoms with van der Waals surface area (Å²) in [5, 5.41) is 0. The largest absolute Gasteiger partial charge is 0.300 e. The van der Waals surface area contributed by atoms with E-state index in [1.165, 1.54) is 31.2 Å². The molecule has 3 nitrogen and oxygen atoms in total. The molecule has 0 amide bonds. The third-order valence-electron chi connectivity index (χ3n) is 4.94. The van der Waals surface area contributed by atoms with Gasteiger partial charge in [0.25, 0.3) is 0 Å². The first-order valence-electron chi connectivity index (χ1n) is 7.02. The number of nitrogens with zero attached hydrogens (tertiary/aromatic N) is 1. The summed E-state index contributed by atoms with van der Waals surface area (Å²) in [6.45, 7) is 0. The second kappa shape index (κ2) is 5.00. The first-order chi connectivity index (χ1) is 8.79. The average Bonchev–Trinajstić information content (AvgIpc) is 2.64. The predicted molar refractivity (Wildman–Crippen MR) is 73.8 cm³/mol. The van der Waals surface area contributed by atoms with E-state index in [4.69, 9.17) is 5.84 Å². The Morgan fingerprint density at radius 1 is 1.17 bits per heavy atom. The van der Waals surface area contributed by atoms with Gasteiger partial charge in [-0.3, -0.25) is 11.3 Å². The molecule has 0 spiro atoms. The van der Waals surface area contributed by atoms with Crippen LogP contribution in [0.4, 0.5) is 0 Å². The van der Waals surface area contributed by atoms with Gasteiger partial charge in [-0.15, -0.1) is 0 Å². The zero-order chi connectivity index (χ0) is 12.5. The molecule has 1 aromatic carbocycles. The van der Waals surface area contributed by atoms with Gasteiger partial charge < -0.3 is 4.90 Å². The van der Waals surface area contributed by atoms with Crippen molar-refractivity contribution in [2.24, 2.45) is 11.8 Å². The minimum absolute atomic E-state index is 0.308. The molecule has 2 bridgehead atoms. The fourth-order valence-corrected chi connectivity index (χ4v) is 3.89. The smallest absolute Gasteiger partial charge is 0.0489 e. The molecule has 3 atom stereocenters. The van der Waals surface area contributed by atoms with Crippen molar-refractivity contribution in [1.82, 2.24) is 10.3 Å². The van der Waals surface area contributed by atoms with Gasteiger partial charge in [-0.25, -0.2) is 0 Å².